The molecule has 0 aromatic heterocycles. The zero-order valence-electron chi connectivity index (χ0n) is 11.4. The van der Waals surface area contributed by atoms with E-state index in [9.17, 15) is 9.18 Å². The van der Waals surface area contributed by atoms with Crippen LogP contribution in [0.3, 0.4) is 0 Å². The van der Waals surface area contributed by atoms with E-state index in [2.05, 4.69) is 5.32 Å². The highest BCUT2D eigenvalue weighted by atomic mass is 19.1. The molecule has 0 saturated heterocycles. The molecule has 1 N–H and O–H groups in total. The standard InChI is InChI=1S/C16H14FNO3/c1-10-15(21-14-9-5-4-8-13(14)20-10)16(19)18-12-7-3-2-6-11(12)17/h2-10,15H,1H3,(H,18,19)/t10-,15-/m0/s1. The summed E-state index contributed by atoms with van der Waals surface area (Å²) in [5.74, 6) is 0.168. The van der Waals surface area contributed by atoms with Crippen LogP contribution in [0.4, 0.5) is 10.1 Å². The summed E-state index contributed by atoms with van der Waals surface area (Å²) in [7, 11) is 0. The number of para-hydroxylation sites is 3. The molecule has 1 aliphatic rings. The summed E-state index contributed by atoms with van der Waals surface area (Å²) in [5.41, 5.74) is 0.122. The Bertz CT molecular complexity index is 674. The number of rotatable bonds is 2. The molecule has 0 aliphatic carbocycles. The first kappa shape index (κ1) is 13.4. The van der Waals surface area contributed by atoms with Gasteiger partial charge in [-0.2, -0.15) is 0 Å². The fourth-order valence-electron chi connectivity index (χ4n) is 2.17. The third-order valence-electron chi connectivity index (χ3n) is 3.23. The van der Waals surface area contributed by atoms with Crippen LogP contribution in [0, 0.1) is 5.82 Å². The third kappa shape index (κ3) is 2.67. The molecule has 2 atom stereocenters. The Kier molecular flexibility index (Phi) is 3.48. The van der Waals surface area contributed by atoms with Gasteiger partial charge in [0.1, 0.15) is 11.9 Å². The minimum Gasteiger partial charge on any atom is -0.482 e. The second kappa shape index (κ2) is 5.44. The molecule has 4 nitrogen and oxygen atoms in total. The van der Waals surface area contributed by atoms with Crippen molar-refractivity contribution in [3.63, 3.8) is 0 Å². The van der Waals surface area contributed by atoms with E-state index < -0.39 is 23.9 Å². The van der Waals surface area contributed by atoms with Crippen molar-refractivity contribution in [1.82, 2.24) is 0 Å². The van der Waals surface area contributed by atoms with Crippen LogP contribution in [-0.2, 0) is 4.79 Å². The molecule has 21 heavy (non-hydrogen) atoms. The summed E-state index contributed by atoms with van der Waals surface area (Å²) in [6.07, 6.45) is -1.30. The minimum atomic E-state index is -0.834. The zero-order valence-corrected chi connectivity index (χ0v) is 11.4. The van der Waals surface area contributed by atoms with Gasteiger partial charge in [0.2, 0.25) is 6.10 Å². The number of hydrogen-bond acceptors (Lipinski definition) is 3. The van der Waals surface area contributed by atoms with Crippen molar-refractivity contribution in [1.29, 1.82) is 0 Å². The summed E-state index contributed by atoms with van der Waals surface area (Å²) in [6, 6.07) is 13.1. The molecule has 3 rings (SSSR count). The van der Waals surface area contributed by atoms with Crippen molar-refractivity contribution in [2.24, 2.45) is 0 Å². The van der Waals surface area contributed by atoms with Crippen molar-refractivity contribution >= 4 is 11.6 Å². The highest BCUT2D eigenvalue weighted by Gasteiger charge is 2.34. The van der Waals surface area contributed by atoms with Crippen LogP contribution >= 0.6 is 0 Å². The van der Waals surface area contributed by atoms with Crippen molar-refractivity contribution < 1.29 is 18.7 Å². The quantitative estimate of drug-likeness (QED) is 0.923. The summed E-state index contributed by atoms with van der Waals surface area (Å²) >= 11 is 0. The van der Waals surface area contributed by atoms with Gasteiger partial charge in [0.25, 0.3) is 5.91 Å². The lowest BCUT2D eigenvalue weighted by atomic mass is 10.1. The Morgan fingerprint density at radius 2 is 1.67 bits per heavy atom. The molecule has 5 heteroatoms. The van der Waals surface area contributed by atoms with Crippen LogP contribution < -0.4 is 14.8 Å². The molecule has 2 aromatic carbocycles. The van der Waals surface area contributed by atoms with Crippen LogP contribution in [0.15, 0.2) is 48.5 Å². The Morgan fingerprint density at radius 1 is 1.05 bits per heavy atom. The maximum atomic E-state index is 13.6. The number of halogens is 1. The Morgan fingerprint density at radius 3 is 2.38 bits per heavy atom. The fourth-order valence-corrected chi connectivity index (χ4v) is 2.17. The number of amides is 1. The van der Waals surface area contributed by atoms with Gasteiger partial charge in [-0.3, -0.25) is 4.79 Å². The maximum absolute atomic E-state index is 13.6. The second-order valence-corrected chi connectivity index (χ2v) is 4.78. The fraction of sp³-hybridized carbons (Fsp3) is 0.188. The highest BCUT2D eigenvalue weighted by Crippen LogP contribution is 2.33. The number of carbonyl (C=O) groups excluding carboxylic acids is 1. The molecule has 1 aliphatic heterocycles. The average molecular weight is 287 g/mol. The number of fused-ring (bicyclic) bond motifs is 1. The van der Waals surface area contributed by atoms with E-state index in [0.29, 0.717) is 11.5 Å². The Balaban J connectivity index is 1.78. The number of nitrogens with one attached hydrogen (secondary N) is 1. The normalized spacial score (nSPS) is 19.9. The van der Waals surface area contributed by atoms with Gasteiger partial charge in [-0.05, 0) is 31.2 Å². The summed E-state index contributed by atoms with van der Waals surface area (Å²) in [4.78, 5) is 12.3. The molecule has 0 unspecified atom stereocenters. The van der Waals surface area contributed by atoms with Crippen LogP contribution in [0.25, 0.3) is 0 Å². The van der Waals surface area contributed by atoms with E-state index in [0.717, 1.165) is 0 Å². The second-order valence-electron chi connectivity index (χ2n) is 4.78. The lowest BCUT2D eigenvalue weighted by Gasteiger charge is -2.31. The monoisotopic (exact) mass is 287 g/mol. The van der Waals surface area contributed by atoms with E-state index in [1.54, 1.807) is 37.3 Å². The molecule has 0 fully saturated rings. The molecule has 0 radical (unpaired) electrons. The van der Waals surface area contributed by atoms with Gasteiger partial charge in [-0.15, -0.1) is 0 Å². The first-order valence-corrected chi connectivity index (χ1v) is 6.63. The van der Waals surface area contributed by atoms with Crippen molar-refractivity contribution in [2.75, 3.05) is 5.32 Å². The number of carbonyl (C=O) groups is 1. The smallest absolute Gasteiger partial charge is 0.269 e. The first-order chi connectivity index (χ1) is 10.1. The lowest BCUT2D eigenvalue weighted by molar-refractivity contribution is -0.128. The van der Waals surface area contributed by atoms with E-state index in [4.69, 9.17) is 9.47 Å². The molecule has 1 heterocycles. The first-order valence-electron chi connectivity index (χ1n) is 6.63. The number of hydrogen-bond donors (Lipinski definition) is 1. The molecule has 2 aromatic rings. The topological polar surface area (TPSA) is 47.6 Å². The van der Waals surface area contributed by atoms with Gasteiger partial charge >= 0.3 is 0 Å². The maximum Gasteiger partial charge on any atom is 0.269 e. The number of ether oxygens (including phenoxy) is 2. The van der Waals surface area contributed by atoms with Gasteiger partial charge in [0.05, 0.1) is 5.69 Å². The molecule has 108 valence electrons. The zero-order chi connectivity index (χ0) is 14.8. The van der Waals surface area contributed by atoms with Gasteiger partial charge in [-0.1, -0.05) is 24.3 Å². The molecule has 1 amide bonds. The predicted octanol–water partition coefficient (Wildman–Crippen LogP) is 2.99. The highest BCUT2D eigenvalue weighted by molar-refractivity contribution is 5.95. The number of benzene rings is 2. The van der Waals surface area contributed by atoms with Crippen LogP contribution in [-0.4, -0.2) is 18.1 Å². The summed E-state index contributed by atoms with van der Waals surface area (Å²) in [6.45, 7) is 1.74. The van der Waals surface area contributed by atoms with Crippen LogP contribution in [0.5, 0.6) is 11.5 Å². The van der Waals surface area contributed by atoms with Crippen molar-refractivity contribution in [3.05, 3.63) is 54.3 Å². The van der Waals surface area contributed by atoms with Crippen LogP contribution in [0.2, 0.25) is 0 Å². The Hall–Kier alpha value is -2.56. The molecule has 0 spiro atoms. The van der Waals surface area contributed by atoms with E-state index >= 15 is 0 Å². The number of anilines is 1. The summed E-state index contributed by atoms with van der Waals surface area (Å²) < 4.78 is 24.9. The van der Waals surface area contributed by atoms with Gasteiger partial charge in [0, 0.05) is 0 Å². The molecular formula is C16H14FNO3. The van der Waals surface area contributed by atoms with E-state index in [-0.39, 0.29) is 5.69 Å². The third-order valence-corrected chi connectivity index (χ3v) is 3.23. The van der Waals surface area contributed by atoms with E-state index in [1.807, 2.05) is 6.07 Å². The van der Waals surface area contributed by atoms with E-state index in [1.165, 1.54) is 12.1 Å². The molecular weight excluding hydrogens is 273 g/mol. The predicted molar refractivity (Wildman–Crippen MR) is 76.0 cm³/mol. The van der Waals surface area contributed by atoms with Crippen LogP contribution in [0.1, 0.15) is 6.92 Å². The van der Waals surface area contributed by atoms with Gasteiger partial charge in [0.15, 0.2) is 11.5 Å². The molecule has 0 saturated carbocycles. The largest absolute Gasteiger partial charge is 0.482 e. The van der Waals surface area contributed by atoms with Crippen molar-refractivity contribution in [3.8, 4) is 11.5 Å². The minimum absolute atomic E-state index is 0.122. The average Bonchev–Trinajstić information content (AvgIpc) is 2.49. The molecule has 0 bridgehead atoms. The Labute approximate surface area is 121 Å². The SMILES string of the molecule is C[C@@H]1Oc2ccccc2O[C@@H]1C(=O)Nc1ccccc1F. The summed E-state index contributed by atoms with van der Waals surface area (Å²) in [5, 5.41) is 2.52. The van der Waals surface area contributed by atoms with Gasteiger partial charge in [-0.25, -0.2) is 4.39 Å². The lowest BCUT2D eigenvalue weighted by Crippen LogP contribution is -2.46. The van der Waals surface area contributed by atoms with Gasteiger partial charge < -0.3 is 14.8 Å². The van der Waals surface area contributed by atoms with Crippen molar-refractivity contribution in [2.45, 2.75) is 19.1 Å².